The number of fused-ring (bicyclic) bond motifs is 1. The van der Waals surface area contributed by atoms with Crippen molar-refractivity contribution in [2.45, 2.75) is 0 Å². The second-order valence-electron chi connectivity index (χ2n) is 6.33. The SMILES string of the molecule is COc1ccc(C2=C(Nc3ccc(F)cc3)c3ccccc3C2=O)cc1OC. The topological polar surface area (TPSA) is 47.6 Å². The lowest BCUT2D eigenvalue weighted by Crippen LogP contribution is -2.02. The van der Waals surface area contributed by atoms with Crippen molar-refractivity contribution in [1.82, 2.24) is 0 Å². The van der Waals surface area contributed by atoms with E-state index in [1.165, 1.54) is 12.1 Å². The van der Waals surface area contributed by atoms with Crippen LogP contribution in [-0.2, 0) is 0 Å². The summed E-state index contributed by atoms with van der Waals surface area (Å²) in [6.07, 6.45) is 0. The Morgan fingerprint density at radius 2 is 1.50 bits per heavy atom. The molecule has 0 fully saturated rings. The number of anilines is 1. The summed E-state index contributed by atoms with van der Waals surface area (Å²) >= 11 is 0. The van der Waals surface area contributed by atoms with Gasteiger partial charge in [-0.1, -0.05) is 30.3 Å². The molecular formula is C23H18FNO3. The first-order chi connectivity index (χ1) is 13.6. The molecule has 1 N–H and O–H groups in total. The van der Waals surface area contributed by atoms with Gasteiger partial charge in [-0.05, 0) is 42.0 Å². The van der Waals surface area contributed by atoms with Crippen LogP contribution < -0.4 is 14.8 Å². The van der Waals surface area contributed by atoms with E-state index in [0.29, 0.717) is 39.6 Å². The van der Waals surface area contributed by atoms with E-state index < -0.39 is 0 Å². The maximum Gasteiger partial charge on any atom is 0.196 e. The number of carbonyl (C=O) groups excluding carboxylic acids is 1. The van der Waals surface area contributed by atoms with Crippen molar-refractivity contribution in [3.8, 4) is 11.5 Å². The molecule has 1 aliphatic carbocycles. The number of hydrogen-bond acceptors (Lipinski definition) is 4. The van der Waals surface area contributed by atoms with Gasteiger partial charge in [-0.15, -0.1) is 0 Å². The van der Waals surface area contributed by atoms with Gasteiger partial charge in [0.25, 0.3) is 0 Å². The summed E-state index contributed by atoms with van der Waals surface area (Å²) in [5, 5.41) is 3.29. The van der Waals surface area contributed by atoms with Gasteiger partial charge < -0.3 is 14.8 Å². The lowest BCUT2D eigenvalue weighted by Gasteiger charge is -2.13. The molecule has 0 bridgehead atoms. The fraction of sp³-hybridized carbons (Fsp3) is 0.0870. The largest absolute Gasteiger partial charge is 0.493 e. The summed E-state index contributed by atoms with van der Waals surface area (Å²) in [6.45, 7) is 0. The maximum absolute atomic E-state index is 13.3. The van der Waals surface area contributed by atoms with E-state index in [4.69, 9.17) is 9.47 Å². The predicted molar refractivity (Wildman–Crippen MR) is 107 cm³/mol. The minimum absolute atomic E-state index is 0.0765. The Morgan fingerprint density at radius 1 is 0.821 bits per heavy atom. The van der Waals surface area contributed by atoms with E-state index in [9.17, 15) is 9.18 Å². The van der Waals surface area contributed by atoms with Crippen LogP contribution in [0.25, 0.3) is 11.3 Å². The second kappa shape index (κ2) is 7.19. The van der Waals surface area contributed by atoms with Crippen molar-refractivity contribution in [1.29, 1.82) is 0 Å². The molecule has 3 aromatic rings. The number of carbonyl (C=O) groups is 1. The average molecular weight is 375 g/mol. The molecule has 0 saturated heterocycles. The molecule has 4 rings (SSSR count). The van der Waals surface area contributed by atoms with Crippen molar-refractivity contribution in [2.24, 2.45) is 0 Å². The van der Waals surface area contributed by atoms with Gasteiger partial charge >= 0.3 is 0 Å². The molecule has 0 aliphatic heterocycles. The Balaban J connectivity index is 1.87. The molecule has 0 radical (unpaired) electrons. The van der Waals surface area contributed by atoms with Gasteiger partial charge in [-0.3, -0.25) is 4.79 Å². The van der Waals surface area contributed by atoms with E-state index in [-0.39, 0.29) is 11.6 Å². The molecule has 28 heavy (non-hydrogen) atoms. The van der Waals surface area contributed by atoms with Crippen LogP contribution in [0.5, 0.6) is 11.5 Å². The lowest BCUT2D eigenvalue weighted by molar-refractivity contribution is 0.105. The molecular weight excluding hydrogens is 357 g/mol. The molecule has 0 heterocycles. The van der Waals surface area contributed by atoms with Gasteiger partial charge in [-0.25, -0.2) is 4.39 Å². The van der Waals surface area contributed by atoms with Crippen LogP contribution in [0.3, 0.4) is 0 Å². The fourth-order valence-corrected chi connectivity index (χ4v) is 3.36. The Morgan fingerprint density at radius 3 is 2.18 bits per heavy atom. The molecule has 0 atom stereocenters. The highest BCUT2D eigenvalue weighted by atomic mass is 19.1. The number of Topliss-reactive ketones (excluding diaryl/α,β-unsaturated/α-hetero) is 1. The van der Waals surface area contributed by atoms with Crippen LogP contribution >= 0.6 is 0 Å². The first kappa shape index (κ1) is 17.8. The zero-order valence-electron chi connectivity index (χ0n) is 15.5. The van der Waals surface area contributed by atoms with E-state index in [2.05, 4.69) is 5.32 Å². The van der Waals surface area contributed by atoms with Crippen LogP contribution in [0.15, 0.2) is 66.7 Å². The summed E-state index contributed by atoms with van der Waals surface area (Å²) in [4.78, 5) is 13.2. The number of ketones is 1. The Bertz CT molecular complexity index is 1090. The summed E-state index contributed by atoms with van der Waals surface area (Å²) < 4.78 is 24.0. The van der Waals surface area contributed by atoms with Gasteiger partial charge in [0.15, 0.2) is 17.3 Å². The second-order valence-corrected chi connectivity index (χ2v) is 6.33. The van der Waals surface area contributed by atoms with E-state index >= 15 is 0 Å². The molecule has 0 saturated carbocycles. The molecule has 1 aliphatic rings. The Hall–Kier alpha value is -3.60. The molecule has 140 valence electrons. The summed E-state index contributed by atoms with van der Waals surface area (Å²) in [7, 11) is 3.12. The van der Waals surface area contributed by atoms with Crippen LogP contribution in [0, 0.1) is 5.82 Å². The van der Waals surface area contributed by atoms with Crippen molar-refractivity contribution >= 4 is 22.7 Å². The molecule has 0 amide bonds. The molecule has 0 spiro atoms. The third-order valence-electron chi connectivity index (χ3n) is 4.70. The first-order valence-corrected chi connectivity index (χ1v) is 8.75. The zero-order chi connectivity index (χ0) is 19.7. The maximum atomic E-state index is 13.3. The molecule has 0 unspecified atom stereocenters. The molecule has 5 heteroatoms. The highest BCUT2D eigenvalue weighted by molar-refractivity contribution is 6.40. The summed E-state index contributed by atoms with van der Waals surface area (Å²) in [5.74, 6) is 0.732. The third-order valence-corrected chi connectivity index (χ3v) is 4.70. The van der Waals surface area contributed by atoms with Crippen molar-refractivity contribution in [3.63, 3.8) is 0 Å². The van der Waals surface area contributed by atoms with Crippen LogP contribution in [0.2, 0.25) is 0 Å². The van der Waals surface area contributed by atoms with E-state index in [1.807, 2.05) is 24.3 Å². The van der Waals surface area contributed by atoms with Crippen LogP contribution in [0.1, 0.15) is 21.5 Å². The highest BCUT2D eigenvalue weighted by Gasteiger charge is 2.31. The quantitative estimate of drug-likeness (QED) is 0.680. The predicted octanol–water partition coefficient (Wildman–Crippen LogP) is 5.02. The monoisotopic (exact) mass is 375 g/mol. The first-order valence-electron chi connectivity index (χ1n) is 8.75. The van der Waals surface area contributed by atoms with E-state index in [0.717, 1.165) is 5.56 Å². The normalized spacial score (nSPS) is 12.8. The Labute approximate surface area is 162 Å². The minimum atomic E-state index is -0.317. The molecule has 0 aromatic heterocycles. The number of hydrogen-bond donors (Lipinski definition) is 1. The standard InChI is InChI=1S/C23H18FNO3/c1-27-19-12-7-14(13-20(19)28-2)21-22(25-16-10-8-15(24)9-11-16)17-5-3-4-6-18(17)23(21)26/h3-13,25H,1-2H3. The fourth-order valence-electron chi connectivity index (χ4n) is 3.36. The minimum Gasteiger partial charge on any atom is -0.493 e. The van der Waals surface area contributed by atoms with E-state index in [1.54, 1.807) is 44.6 Å². The summed E-state index contributed by atoms with van der Waals surface area (Å²) in [6, 6.07) is 18.8. The lowest BCUT2D eigenvalue weighted by atomic mass is 10.0. The summed E-state index contributed by atoms with van der Waals surface area (Å²) in [5.41, 5.74) is 4.05. The molecule has 4 nitrogen and oxygen atoms in total. The van der Waals surface area contributed by atoms with Gasteiger partial charge in [-0.2, -0.15) is 0 Å². The van der Waals surface area contributed by atoms with Gasteiger partial charge in [0.1, 0.15) is 5.82 Å². The number of ether oxygens (including phenoxy) is 2. The average Bonchev–Trinajstić information content (AvgIpc) is 3.01. The number of methoxy groups -OCH3 is 2. The smallest absolute Gasteiger partial charge is 0.196 e. The molecule has 3 aromatic carbocycles. The van der Waals surface area contributed by atoms with Gasteiger partial charge in [0, 0.05) is 16.8 Å². The number of nitrogens with one attached hydrogen (secondary N) is 1. The van der Waals surface area contributed by atoms with Crippen molar-refractivity contribution < 1.29 is 18.7 Å². The highest BCUT2D eigenvalue weighted by Crippen LogP contribution is 2.41. The van der Waals surface area contributed by atoms with Gasteiger partial charge in [0.05, 0.1) is 25.5 Å². The number of benzene rings is 3. The third kappa shape index (κ3) is 3.01. The van der Waals surface area contributed by atoms with Crippen molar-refractivity contribution in [3.05, 3.63) is 89.2 Å². The van der Waals surface area contributed by atoms with Crippen LogP contribution in [0.4, 0.5) is 10.1 Å². The van der Waals surface area contributed by atoms with Gasteiger partial charge in [0.2, 0.25) is 0 Å². The van der Waals surface area contributed by atoms with Crippen LogP contribution in [-0.4, -0.2) is 20.0 Å². The number of rotatable bonds is 5. The van der Waals surface area contributed by atoms with Crippen molar-refractivity contribution in [2.75, 3.05) is 19.5 Å². The number of halogens is 1. The zero-order valence-corrected chi connectivity index (χ0v) is 15.5. The Kier molecular flexibility index (Phi) is 4.57. The number of allylic oxidation sites excluding steroid dienone is 1.